The second-order valence-corrected chi connectivity index (χ2v) is 9.98. The molecule has 0 aliphatic heterocycles. The van der Waals surface area contributed by atoms with E-state index in [0.29, 0.717) is 11.1 Å². The van der Waals surface area contributed by atoms with Crippen molar-refractivity contribution < 1.29 is 0 Å². The zero-order valence-electron chi connectivity index (χ0n) is 21.9. The average molecular weight is 544 g/mol. The van der Waals surface area contributed by atoms with Crippen molar-refractivity contribution in [2.75, 3.05) is 4.90 Å². The summed E-state index contributed by atoms with van der Waals surface area (Å²) in [4.78, 5) is 26.6. The molecule has 0 aliphatic carbocycles. The maximum absolute atomic E-state index is 12.4. The number of aromatic nitrogens is 4. The molecule has 0 fully saturated rings. The van der Waals surface area contributed by atoms with Gasteiger partial charge in [0.25, 0.3) is 11.1 Å². The standard InChI is InChI=1S/C32H25N5O2S/c1-20(19-28-21(2)31(38)33-34-32(28)39)26-17-18-27(30-29(26)35-40-36-30)22-13-15-25(16-14-22)37(23-9-5-3-6-10-23)24-11-7-4-8-12-24/h3-19H,1-2H3,(H,33,38)(H,34,39)/b20-19+. The SMILES string of the molecule is C/C(=C\c1c(C)c(=O)[nH][nH]c1=O)c1ccc(-c2ccc(N(c3ccccc3)c3ccccc3)cc2)c2nsnc12. The fourth-order valence-electron chi connectivity index (χ4n) is 4.84. The number of hydrogen-bond donors (Lipinski definition) is 2. The van der Waals surface area contributed by atoms with E-state index in [1.807, 2.05) is 55.5 Å². The lowest BCUT2D eigenvalue weighted by Gasteiger charge is -2.25. The summed E-state index contributed by atoms with van der Waals surface area (Å²) in [7, 11) is 0. The third-order valence-corrected chi connectivity index (χ3v) is 7.47. The Morgan fingerprint density at radius 1 is 0.725 bits per heavy atom. The molecular weight excluding hydrogens is 518 g/mol. The lowest BCUT2D eigenvalue weighted by molar-refractivity contribution is 0.929. The maximum Gasteiger partial charge on any atom is 0.270 e. The highest BCUT2D eigenvalue weighted by atomic mass is 32.1. The number of fused-ring (bicyclic) bond motifs is 1. The highest BCUT2D eigenvalue weighted by Gasteiger charge is 2.16. The second kappa shape index (κ2) is 10.6. The summed E-state index contributed by atoms with van der Waals surface area (Å²) in [5.74, 6) is 0. The summed E-state index contributed by atoms with van der Waals surface area (Å²) in [6.07, 6.45) is 1.73. The molecule has 196 valence electrons. The summed E-state index contributed by atoms with van der Waals surface area (Å²) >= 11 is 1.15. The molecule has 40 heavy (non-hydrogen) atoms. The van der Waals surface area contributed by atoms with Crippen LogP contribution in [0.5, 0.6) is 0 Å². The summed E-state index contributed by atoms with van der Waals surface area (Å²) in [5, 5.41) is 4.75. The zero-order valence-corrected chi connectivity index (χ0v) is 22.7. The van der Waals surface area contributed by atoms with E-state index in [0.717, 1.165) is 62.1 Å². The molecule has 0 atom stereocenters. The van der Waals surface area contributed by atoms with E-state index in [1.54, 1.807) is 13.0 Å². The third kappa shape index (κ3) is 4.65. The van der Waals surface area contributed by atoms with Gasteiger partial charge in [0.1, 0.15) is 11.0 Å². The first-order chi connectivity index (χ1) is 19.5. The Morgan fingerprint density at radius 3 is 1.95 bits per heavy atom. The number of benzene rings is 4. The van der Waals surface area contributed by atoms with Crippen molar-refractivity contribution in [1.29, 1.82) is 0 Å². The number of nitrogens with one attached hydrogen (secondary N) is 2. The van der Waals surface area contributed by atoms with E-state index in [9.17, 15) is 9.59 Å². The van der Waals surface area contributed by atoms with Crippen molar-refractivity contribution in [2.45, 2.75) is 13.8 Å². The lowest BCUT2D eigenvalue weighted by Crippen LogP contribution is -2.23. The largest absolute Gasteiger partial charge is 0.311 e. The molecule has 4 aromatic carbocycles. The van der Waals surface area contributed by atoms with Gasteiger partial charge < -0.3 is 4.90 Å². The highest BCUT2D eigenvalue weighted by Crippen LogP contribution is 2.37. The molecule has 0 saturated heterocycles. The van der Waals surface area contributed by atoms with Gasteiger partial charge in [-0.2, -0.15) is 8.75 Å². The summed E-state index contributed by atoms with van der Waals surface area (Å²) in [6.45, 7) is 3.54. The number of nitrogens with zero attached hydrogens (tertiary/aromatic N) is 3. The fourth-order valence-corrected chi connectivity index (χ4v) is 5.42. The van der Waals surface area contributed by atoms with Gasteiger partial charge in [0.15, 0.2) is 0 Å². The van der Waals surface area contributed by atoms with Gasteiger partial charge in [0.2, 0.25) is 0 Å². The average Bonchev–Trinajstić information content (AvgIpc) is 3.49. The Balaban J connectivity index is 1.39. The maximum atomic E-state index is 12.4. The van der Waals surface area contributed by atoms with Crippen molar-refractivity contribution in [3.8, 4) is 11.1 Å². The lowest BCUT2D eigenvalue weighted by atomic mass is 9.97. The Labute approximate surface area is 234 Å². The Morgan fingerprint density at radius 2 is 1.30 bits per heavy atom. The first kappa shape index (κ1) is 25.2. The molecule has 0 amide bonds. The molecule has 0 unspecified atom stereocenters. The number of allylic oxidation sites excluding steroid dienone is 1. The number of anilines is 3. The Hall–Kier alpha value is -5.08. The highest BCUT2D eigenvalue weighted by molar-refractivity contribution is 7.00. The minimum atomic E-state index is -0.346. The van der Waals surface area contributed by atoms with Crippen LogP contribution >= 0.6 is 11.7 Å². The van der Waals surface area contributed by atoms with Crippen LogP contribution in [0, 0.1) is 6.92 Å². The van der Waals surface area contributed by atoms with Gasteiger partial charge in [0, 0.05) is 39.3 Å². The molecule has 2 N–H and O–H groups in total. The van der Waals surface area contributed by atoms with Crippen molar-refractivity contribution >= 4 is 51.5 Å². The number of H-pyrrole nitrogens is 2. The van der Waals surface area contributed by atoms with Crippen LogP contribution in [0.15, 0.2) is 107 Å². The topological polar surface area (TPSA) is 94.7 Å². The molecule has 6 aromatic rings. The second-order valence-electron chi connectivity index (χ2n) is 9.45. The molecule has 2 heterocycles. The predicted molar refractivity (Wildman–Crippen MR) is 163 cm³/mol. The van der Waals surface area contributed by atoms with Crippen LogP contribution in [0.2, 0.25) is 0 Å². The molecule has 0 bridgehead atoms. The van der Waals surface area contributed by atoms with Gasteiger partial charge >= 0.3 is 0 Å². The molecule has 0 aliphatic rings. The van der Waals surface area contributed by atoms with Crippen LogP contribution in [0.25, 0.3) is 33.8 Å². The quantitative estimate of drug-likeness (QED) is 0.234. The van der Waals surface area contributed by atoms with Crippen molar-refractivity contribution in [2.24, 2.45) is 0 Å². The molecule has 7 nitrogen and oxygen atoms in total. The molecule has 6 rings (SSSR count). The molecular formula is C32H25N5O2S. The van der Waals surface area contributed by atoms with Crippen molar-refractivity contribution in [1.82, 2.24) is 18.9 Å². The van der Waals surface area contributed by atoms with Gasteiger partial charge in [-0.3, -0.25) is 19.8 Å². The fraction of sp³-hybridized carbons (Fsp3) is 0.0625. The van der Waals surface area contributed by atoms with E-state index in [1.165, 1.54) is 0 Å². The summed E-state index contributed by atoms with van der Waals surface area (Å²) in [5.41, 5.74) is 8.47. The van der Waals surface area contributed by atoms with Gasteiger partial charge in [0.05, 0.1) is 11.7 Å². The molecule has 0 saturated carbocycles. The molecule has 2 aromatic heterocycles. The third-order valence-electron chi connectivity index (χ3n) is 6.95. The van der Waals surface area contributed by atoms with Crippen LogP contribution in [0.1, 0.15) is 23.6 Å². The first-order valence-corrected chi connectivity index (χ1v) is 13.5. The van der Waals surface area contributed by atoms with Crippen LogP contribution in [0.4, 0.5) is 17.1 Å². The molecule has 8 heteroatoms. The van der Waals surface area contributed by atoms with Crippen molar-refractivity contribution in [3.63, 3.8) is 0 Å². The van der Waals surface area contributed by atoms with Gasteiger partial charge in [-0.1, -0.05) is 60.7 Å². The zero-order chi connectivity index (χ0) is 27.6. The monoisotopic (exact) mass is 543 g/mol. The number of rotatable bonds is 6. The summed E-state index contributed by atoms with van der Waals surface area (Å²) < 4.78 is 9.20. The van der Waals surface area contributed by atoms with Gasteiger partial charge in [-0.15, -0.1) is 0 Å². The van der Waals surface area contributed by atoms with Crippen LogP contribution in [0.3, 0.4) is 0 Å². The van der Waals surface area contributed by atoms with Crippen LogP contribution in [-0.4, -0.2) is 18.9 Å². The van der Waals surface area contributed by atoms with E-state index in [2.05, 4.69) is 72.4 Å². The van der Waals surface area contributed by atoms with Crippen LogP contribution in [-0.2, 0) is 0 Å². The van der Waals surface area contributed by atoms with E-state index in [4.69, 9.17) is 0 Å². The number of para-hydroxylation sites is 2. The van der Waals surface area contributed by atoms with E-state index < -0.39 is 0 Å². The Kier molecular flexibility index (Phi) is 6.67. The molecule has 0 radical (unpaired) electrons. The van der Waals surface area contributed by atoms with Gasteiger partial charge in [-0.25, -0.2) is 0 Å². The smallest absolute Gasteiger partial charge is 0.270 e. The van der Waals surface area contributed by atoms with Crippen LogP contribution < -0.4 is 16.0 Å². The number of hydrogen-bond acceptors (Lipinski definition) is 6. The number of aromatic amines is 2. The minimum absolute atomic E-state index is 0.323. The molecule has 0 spiro atoms. The van der Waals surface area contributed by atoms with E-state index >= 15 is 0 Å². The first-order valence-electron chi connectivity index (χ1n) is 12.8. The van der Waals surface area contributed by atoms with E-state index in [-0.39, 0.29) is 11.1 Å². The minimum Gasteiger partial charge on any atom is -0.311 e. The van der Waals surface area contributed by atoms with Gasteiger partial charge in [-0.05, 0) is 67.5 Å². The van der Waals surface area contributed by atoms with Crippen molar-refractivity contribution in [3.05, 3.63) is 134 Å². The summed E-state index contributed by atoms with van der Waals surface area (Å²) in [6, 6.07) is 33.0. The predicted octanol–water partition coefficient (Wildman–Crippen LogP) is 7.07. The normalized spacial score (nSPS) is 11.6. The Bertz CT molecular complexity index is 1920.